The van der Waals surface area contributed by atoms with Crippen molar-refractivity contribution in [3.63, 3.8) is 0 Å². The van der Waals surface area contributed by atoms with Crippen LogP contribution in [0.4, 0.5) is 5.95 Å². The SMILES string of the molecule is NC(=O)CCNC(=O)c1cn([C@@H]2O[C@H](CO)[C@@H](O)[C@H]2O)c2nc(N)[nH]c(=O)c12. The number of aromatic amines is 1. The fourth-order valence-electron chi connectivity index (χ4n) is 3.04. The van der Waals surface area contributed by atoms with Crippen LogP contribution in [-0.2, 0) is 9.53 Å². The van der Waals surface area contributed by atoms with Gasteiger partial charge >= 0.3 is 0 Å². The number of hydrogen-bond donors (Lipinski definition) is 7. The average Bonchev–Trinajstić information content (AvgIpc) is 3.13. The van der Waals surface area contributed by atoms with E-state index in [0.29, 0.717) is 0 Å². The standard InChI is InChI=1S/C15H20N6O7/c16-7(23)1-2-18-12(26)5-3-21(11-8(5)13(27)20-15(17)19-11)14-10(25)9(24)6(4-22)28-14/h3,6,9-10,14,22,24-25H,1-2,4H2,(H2,16,23)(H,18,26)(H3,17,19,20,27)/t6-,9-,10-,14-/m1/s1. The van der Waals surface area contributed by atoms with Crippen molar-refractivity contribution in [2.75, 3.05) is 18.9 Å². The maximum absolute atomic E-state index is 12.5. The summed E-state index contributed by atoms with van der Waals surface area (Å²) < 4.78 is 6.63. The van der Waals surface area contributed by atoms with Gasteiger partial charge in [0.05, 0.1) is 17.6 Å². The van der Waals surface area contributed by atoms with E-state index in [1.807, 2.05) is 0 Å². The Bertz CT molecular complexity index is 970. The molecule has 13 nitrogen and oxygen atoms in total. The number of aliphatic hydroxyl groups is 3. The van der Waals surface area contributed by atoms with Crippen LogP contribution in [0, 0.1) is 0 Å². The molecule has 0 saturated carbocycles. The molecule has 1 fully saturated rings. The molecule has 2 amide bonds. The highest BCUT2D eigenvalue weighted by molar-refractivity contribution is 6.06. The molecule has 0 aliphatic carbocycles. The Hall–Kier alpha value is -3.00. The highest BCUT2D eigenvalue weighted by Gasteiger charge is 2.44. The highest BCUT2D eigenvalue weighted by atomic mass is 16.6. The molecule has 0 bridgehead atoms. The van der Waals surface area contributed by atoms with Crippen molar-refractivity contribution < 1.29 is 29.6 Å². The topological polar surface area (TPSA) is 219 Å². The van der Waals surface area contributed by atoms with E-state index < -0.39 is 48.5 Å². The maximum atomic E-state index is 12.5. The molecule has 1 aliphatic heterocycles. The molecule has 13 heteroatoms. The van der Waals surface area contributed by atoms with Gasteiger partial charge in [-0.3, -0.25) is 19.4 Å². The van der Waals surface area contributed by atoms with E-state index in [1.165, 1.54) is 10.8 Å². The summed E-state index contributed by atoms with van der Waals surface area (Å²) in [4.78, 5) is 42.0. The average molecular weight is 396 g/mol. The maximum Gasteiger partial charge on any atom is 0.262 e. The van der Waals surface area contributed by atoms with Gasteiger partial charge in [-0.05, 0) is 0 Å². The van der Waals surface area contributed by atoms with Gasteiger partial charge in [0.25, 0.3) is 11.5 Å². The summed E-state index contributed by atoms with van der Waals surface area (Å²) in [5.74, 6) is -1.53. The molecule has 28 heavy (non-hydrogen) atoms. The van der Waals surface area contributed by atoms with Crippen molar-refractivity contribution in [1.82, 2.24) is 19.9 Å². The van der Waals surface area contributed by atoms with E-state index in [2.05, 4.69) is 15.3 Å². The van der Waals surface area contributed by atoms with Crippen molar-refractivity contribution >= 4 is 28.8 Å². The summed E-state index contributed by atoms with van der Waals surface area (Å²) in [6.07, 6.45) is -4.02. The summed E-state index contributed by atoms with van der Waals surface area (Å²) in [6, 6.07) is 0. The number of aromatic nitrogens is 3. The van der Waals surface area contributed by atoms with E-state index in [4.69, 9.17) is 16.2 Å². The third-order valence-corrected chi connectivity index (χ3v) is 4.39. The first-order valence-corrected chi connectivity index (χ1v) is 8.34. The number of rotatable bonds is 6. The van der Waals surface area contributed by atoms with Gasteiger partial charge in [0, 0.05) is 19.2 Å². The third-order valence-electron chi connectivity index (χ3n) is 4.39. The van der Waals surface area contributed by atoms with Crippen LogP contribution in [0.3, 0.4) is 0 Å². The van der Waals surface area contributed by atoms with Crippen molar-refractivity contribution in [2.24, 2.45) is 5.73 Å². The van der Waals surface area contributed by atoms with Crippen LogP contribution >= 0.6 is 0 Å². The van der Waals surface area contributed by atoms with Gasteiger partial charge < -0.3 is 41.4 Å². The number of nitrogens with zero attached hydrogens (tertiary/aromatic N) is 2. The van der Waals surface area contributed by atoms with Crippen molar-refractivity contribution in [1.29, 1.82) is 0 Å². The first-order valence-electron chi connectivity index (χ1n) is 8.34. The second-order valence-corrected chi connectivity index (χ2v) is 6.30. The van der Waals surface area contributed by atoms with Gasteiger partial charge in [0.15, 0.2) is 11.9 Å². The molecule has 0 spiro atoms. The van der Waals surface area contributed by atoms with Crippen LogP contribution in [0.25, 0.3) is 11.0 Å². The van der Waals surface area contributed by atoms with Crippen LogP contribution < -0.4 is 22.3 Å². The number of hydrogen-bond acceptors (Lipinski definition) is 9. The molecule has 1 aliphatic rings. The van der Waals surface area contributed by atoms with Crippen molar-refractivity contribution in [3.05, 3.63) is 22.1 Å². The van der Waals surface area contributed by atoms with Crippen LogP contribution in [0.15, 0.2) is 11.0 Å². The number of primary amides is 1. The van der Waals surface area contributed by atoms with Gasteiger partial charge in [0.1, 0.15) is 18.3 Å². The molecule has 4 atom stereocenters. The minimum atomic E-state index is -1.46. The molecule has 3 heterocycles. The van der Waals surface area contributed by atoms with Crippen LogP contribution in [-0.4, -0.2) is 73.1 Å². The lowest BCUT2D eigenvalue weighted by Gasteiger charge is -2.17. The zero-order valence-corrected chi connectivity index (χ0v) is 14.5. The van der Waals surface area contributed by atoms with Gasteiger partial charge in [0.2, 0.25) is 11.9 Å². The Balaban J connectivity index is 2.06. The number of ether oxygens (including phenoxy) is 1. The Morgan fingerprint density at radius 3 is 2.68 bits per heavy atom. The molecule has 0 unspecified atom stereocenters. The van der Waals surface area contributed by atoms with Crippen molar-refractivity contribution in [3.8, 4) is 0 Å². The summed E-state index contributed by atoms with van der Waals surface area (Å²) in [5, 5.41) is 31.8. The predicted octanol–water partition coefficient (Wildman–Crippen LogP) is -3.48. The second-order valence-electron chi connectivity index (χ2n) is 6.30. The number of H-pyrrole nitrogens is 1. The Morgan fingerprint density at radius 1 is 1.36 bits per heavy atom. The summed E-state index contributed by atoms with van der Waals surface area (Å²) >= 11 is 0. The quantitative estimate of drug-likeness (QED) is 0.257. The number of anilines is 1. The van der Waals surface area contributed by atoms with E-state index in [-0.39, 0.29) is 35.5 Å². The van der Waals surface area contributed by atoms with Crippen molar-refractivity contribution in [2.45, 2.75) is 31.0 Å². The minimum Gasteiger partial charge on any atom is -0.394 e. The molecule has 0 radical (unpaired) electrons. The number of carbonyl (C=O) groups is 2. The zero-order valence-electron chi connectivity index (χ0n) is 14.5. The lowest BCUT2D eigenvalue weighted by atomic mass is 10.1. The molecule has 2 aromatic rings. The number of carbonyl (C=O) groups excluding carboxylic acids is 2. The van der Waals surface area contributed by atoms with Gasteiger partial charge in [-0.15, -0.1) is 0 Å². The van der Waals surface area contributed by atoms with Gasteiger partial charge in [-0.2, -0.15) is 4.98 Å². The van der Waals surface area contributed by atoms with Crippen LogP contribution in [0.2, 0.25) is 0 Å². The molecular formula is C15H20N6O7. The summed E-state index contributed by atoms with van der Waals surface area (Å²) in [5.41, 5.74) is 9.74. The Kier molecular flexibility index (Phi) is 5.33. The molecule has 2 aromatic heterocycles. The van der Waals surface area contributed by atoms with Gasteiger partial charge in [-0.1, -0.05) is 0 Å². The largest absolute Gasteiger partial charge is 0.394 e. The fraction of sp³-hybridized carbons (Fsp3) is 0.467. The normalized spacial score (nSPS) is 24.5. The first kappa shape index (κ1) is 19.8. The van der Waals surface area contributed by atoms with Crippen LogP contribution in [0.1, 0.15) is 23.0 Å². The van der Waals surface area contributed by atoms with E-state index in [9.17, 15) is 29.7 Å². The lowest BCUT2D eigenvalue weighted by Crippen LogP contribution is -2.33. The van der Waals surface area contributed by atoms with Gasteiger partial charge in [-0.25, -0.2) is 0 Å². The molecule has 0 aromatic carbocycles. The number of aliphatic hydroxyl groups excluding tert-OH is 3. The Morgan fingerprint density at radius 2 is 2.07 bits per heavy atom. The third kappa shape index (κ3) is 3.43. The number of amides is 2. The zero-order chi connectivity index (χ0) is 20.6. The number of nitrogen functional groups attached to an aromatic ring is 1. The molecule has 152 valence electrons. The summed E-state index contributed by atoms with van der Waals surface area (Å²) in [6.45, 7) is -0.598. The first-order chi connectivity index (χ1) is 13.2. The number of nitrogens with two attached hydrogens (primary N) is 2. The molecule has 9 N–H and O–H groups in total. The molecular weight excluding hydrogens is 376 g/mol. The van der Waals surface area contributed by atoms with E-state index >= 15 is 0 Å². The monoisotopic (exact) mass is 396 g/mol. The summed E-state index contributed by atoms with van der Waals surface area (Å²) in [7, 11) is 0. The van der Waals surface area contributed by atoms with E-state index in [1.54, 1.807) is 0 Å². The van der Waals surface area contributed by atoms with Crippen LogP contribution in [0.5, 0.6) is 0 Å². The second kappa shape index (κ2) is 7.55. The highest BCUT2D eigenvalue weighted by Crippen LogP contribution is 2.32. The molecule has 1 saturated heterocycles. The lowest BCUT2D eigenvalue weighted by molar-refractivity contribution is -0.117. The number of fused-ring (bicyclic) bond motifs is 1. The Labute approximate surface area is 156 Å². The minimum absolute atomic E-state index is 0.0466. The predicted molar refractivity (Wildman–Crippen MR) is 93.9 cm³/mol. The van der Waals surface area contributed by atoms with E-state index in [0.717, 1.165) is 0 Å². The smallest absolute Gasteiger partial charge is 0.262 e. The number of nitrogens with one attached hydrogen (secondary N) is 2. The molecule has 3 rings (SSSR count). The fourth-order valence-corrected chi connectivity index (χ4v) is 3.04.